The maximum atomic E-state index is 13.3. The normalized spacial score (nSPS) is 11.0. The van der Waals surface area contributed by atoms with Crippen LogP contribution in [0.25, 0.3) is 11.4 Å². The molecule has 2 rings (SSSR count). The number of aromatic nitrogens is 2. The van der Waals surface area contributed by atoms with Crippen LogP contribution in [-0.4, -0.2) is 9.55 Å². The van der Waals surface area contributed by atoms with Gasteiger partial charge in [-0.15, -0.1) is 0 Å². The highest BCUT2D eigenvalue weighted by atomic mass is 127. The van der Waals surface area contributed by atoms with Gasteiger partial charge in [-0.1, -0.05) is 43.2 Å². The Labute approximate surface area is 144 Å². The molecule has 0 N–H and O–H groups in total. The smallest absolute Gasteiger partial charge is 0.281 e. The van der Waals surface area contributed by atoms with E-state index in [2.05, 4.69) is 14.8 Å². The van der Waals surface area contributed by atoms with Crippen LogP contribution >= 0.6 is 22.6 Å². The Morgan fingerprint density at radius 1 is 1.26 bits per heavy atom. The molecule has 0 unspecified atom stereocenters. The van der Waals surface area contributed by atoms with E-state index < -0.39 is 17.4 Å². The van der Waals surface area contributed by atoms with Crippen LogP contribution in [0.1, 0.15) is 18.2 Å². The van der Waals surface area contributed by atoms with E-state index in [9.17, 15) is 18.0 Å². The third kappa shape index (κ3) is 3.75. The average Bonchev–Trinajstić information content (AvgIpc) is 2.52. The predicted octanol–water partition coefficient (Wildman–Crippen LogP) is 3.89. The minimum atomic E-state index is -4.68. The first-order valence-corrected chi connectivity index (χ1v) is 7.82. The Morgan fingerprint density at radius 3 is 2.43 bits per heavy atom. The zero-order chi connectivity index (χ0) is 17.0. The van der Waals surface area contributed by atoms with E-state index >= 15 is 0 Å². The lowest BCUT2D eigenvalue weighted by atomic mass is 10.1. The summed E-state index contributed by atoms with van der Waals surface area (Å²) in [6.45, 7) is 1.49. The van der Waals surface area contributed by atoms with E-state index in [0.29, 0.717) is 5.56 Å². The predicted molar refractivity (Wildman–Crippen MR) is 90.1 cm³/mol. The van der Waals surface area contributed by atoms with E-state index in [1.54, 1.807) is 30.3 Å². The van der Waals surface area contributed by atoms with Crippen LogP contribution < -0.4 is 5.56 Å². The number of hydrogen-bond acceptors (Lipinski definition) is 2. The van der Waals surface area contributed by atoms with Crippen molar-refractivity contribution in [3.8, 4) is 21.2 Å². The van der Waals surface area contributed by atoms with Crippen molar-refractivity contribution in [2.45, 2.75) is 26.1 Å². The largest absolute Gasteiger partial charge is 0.433 e. The summed E-state index contributed by atoms with van der Waals surface area (Å²) in [6.07, 6.45) is -4.73. The summed E-state index contributed by atoms with van der Waals surface area (Å²) < 4.78 is 43.6. The molecule has 0 radical (unpaired) electrons. The number of halogens is 4. The summed E-state index contributed by atoms with van der Waals surface area (Å²) in [5, 5.41) is 0. The number of nitrogens with zero attached hydrogens (tertiary/aromatic N) is 2. The van der Waals surface area contributed by atoms with Crippen molar-refractivity contribution in [3.05, 3.63) is 51.9 Å². The van der Waals surface area contributed by atoms with Gasteiger partial charge in [-0.3, -0.25) is 9.36 Å². The Hall–Kier alpha value is -1.82. The quantitative estimate of drug-likeness (QED) is 0.545. The van der Waals surface area contributed by atoms with Crippen molar-refractivity contribution in [1.82, 2.24) is 9.55 Å². The van der Waals surface area contributed by atoms with E-state index in [1.165, 1.54) is 11.5 Å². The molecule has 7 heteroatoms. The van der Waals surface area contributed by atoms with E-state index in [4.69, 9.17) is 0 Å². The zero-order valence-corrected chi connectivity index (χ0v) is 14.3. The molecule has 1 aromatic heterocycles. The molecule has 1 aromatic carbocycles. The molecule has 0 saturated heterocycles. The first kappa shape index (κ1) is 17.5. The minimum absolute atomic E-state index is 0.00978. The lowest BCUT2D eigenvalue weighted by Crippen LogP contribution is -2.31. The van der Waals surface area contributed by atoms with E-state index in [0.717, 1.165) is 0 Å². The summed E-state index contributed by atoms with van der Waals surface area (Å²) >= 11 is 1.81. The maximum absolute atomic E-state index is 13.3. The molecule has 0 atom stereocenters. The highest BCUT2D eigenvalue weighted by Gasteiger charge is 2.37. The molecule has 0 aliphatic rings. The second-order valence-corrected chi connectivity index (χ2v) is 5.18. The van der Waals surface area contributed by atoms with Crippen LogP contribution in [0, 0.1) is 9.85 Å². The second-order valence-electron chi connectivity index (χ2n) is 4.64. The molecule has 120 valence electrons. The Morgan fingerprint density at radius 2 is 1.91 bits per heavy atom. The maximum Gasteiger partial charge on any atom is 0.433 e. The lowest BCUT2D eigenvalue weighted by Gasteiger charge is -2.16. The van der Waals surface area contributed by atoms with Gasteiger partial charge in [0, 0.05) is 33.7 Å². The standard InChI is InChI=1S/C16H12F3IN2O/c1-2-12-13(16(17,18)19)21-14(11-7-4-3-5-8-11)22(15(12)23)10-6-9-20/h3-5,7-8H,2,10H2,1H3. The second kappa shape index (κ2) is 7.17. The first-order chi connectivity index (χ1) is 10.9. The molecule has 0 amide bonds. The van der Waals surface area contributed by atoms with Gasteiger partial charge in [-0.05, 0) is 10.3 Å². The SMILES string of the molecule is CCc1c(C(F)(F)F)nc(-c2ccccc2)n(CC#CI)c1=O. The van der Waals surface area contributed by atoms with Gasteiger partial charge >= 0.3 is 6.18 Å². The van der Waals surface area contributed by atoms with Gasteiger partial charge in [-0.25, -0.2) is 4.98 Å². The number of benzene rings is 1. The first-order valence-electron chi connectivity index (χ1n) is 6.75. The Bertz CT molecular complexity index is 817. The molecular weight excluding hydrogens is 420 g/mol. The fourth-order valence-electron chi connectivity index (χ4n) is 2.21. The third-order valence-corrected chi connectivity index (χ3v) is 3.60. The Balaban J connectivity index is 2.84. The molecular formula is C16H12F3IN2O. The number of hydrogen-bond donors (Lipinski definition) is 0. The van der Waals surface area contributed by atoms with Crippen molar-refractivity contribution in [2.24, 2.45) is 0 Å². The van der Waals surface area contributed by atoms with E-state index in [-0.39, 0.29) is 24.4 Å². The van der Waals surface area contributed by atoms with Gasteiger partial charge < -0.3 is 0 Å². The number of rotatable bonds is 3. The van der Waals surface area contributed by atoms with Gasteiger partial charge in [-0.2, -0.15) is 13.2 Å². The molecule has 0 fully saturated rings. The van der Waals surface area contributed by atoms with E-state index in [1.807, 2.05) is 22.6 Å². The number of alkyl halides is 3. The van der Waals surface area contributed by atoms with Crippen molar-refractivity contribution >= 4 is 22.6 Å². The summed E-state index contributed by atoms with van der Waals surface area (Å²) in [4.78, 5) is 16.3. The van der Waals surface area contributed by atoms with Gasteiger partial charge in [0.05, 0.1) is 6.54 Å². The van der Waals surface area contributed by atoms with Crippen LogP contribution in [0.5, 0.6) is 0 Å². The third-order valence-electron chi connectivity index (χ3n) is 3.22. The molecule has 3 nitrogen and oxygen atoms in total. The van der Waals surface area contributed by atoms with Crippen LogP contribution in [0.2, 0.25) is 0 Å². The zero-order valence-electron chi connectivity index (χ0n) is 12.1. The van der Waals surface area contributed by atoms with Gasteiger partial charge in [0.2, 0.25) is 0 Å². The van der Waals surface area contributed by atoms with Gasteiger partial charge in [0.15, 0.2) is 5.69 Å². The summed E-state index contributed by atoms with van der Waals surface area (Å²) in [5.41, 5.74) is -1.73. The molecule has 0 bridgehead atoms. The highest BCUT2D eigenvalue weighted by molar-refractivity contribution is 14.1. The molecule has 0 saturated carbocycles. The topological polar surface area (TPSA) is 34.9 Å². The van der Waals surface area contributed by atoms with Crippen LogP contribution in [-0.2, 0) is 19.1 Å². The van der Waals surface area contributed by atoms with Gasteiger partial charge in [0.1, 0.15) is 5.82 Å². The van der Waals surface area contributed by atoms with Crippen LogP contribution in [0.15, 0.2) is 35.1 Å². The van der Waals surface area contributed by atoms with Crippen molar-refractivity contribution in [2.75, 3.05) is 0 Å². The Kier molecular flexibility index (Phi) is 5.46. The lowest BCUT2D eigenvalue weighted by molar-refractivity contribution is -0.142. The fourth-order valence-corrected chi connectivity index (χ4v) is 2.38. The summed E-state index contributed by atoms with van der Waals surface area (Å²) in [6, 6.07) is 8.32. The summed E-state index contributed by atoms with van der Waals surface area (Å²) in [5.74, 6) is 2.67. The molecule has 0 spiro atoms. The van der Waals surface area contributed by atoms with Crippen LogP contribution in [0.4, 0.5) is 13.2 Å². The van der Waals surface area contributed by atoms with Crippen molar-refractivity contribution < 1.29 is 13.2 Å². The fraction of sp³-hybridized carbons (Fsp3) is 0.250. The molecule has 0 aliphatic carbocycles. The monoisotopic (exact) mass is 432 g/mol. The van der Waals surface area contributed by atoms with Crippen molar-refractivity contribution in [3.63, 3.8) is 0 Å². The molecule has 1 heterocycles. The van der Waals surface area contributed by atoms with Crippen molar-refractivity contribution in [1.29, 1.82) is 0 Å². The van der Waals surface area contributed by atoms with Crippen LogP contribution in [0.3, 0.4) is 0 Å². The molecule has 0 aliphatic heterocycles. The molecule has 2 aromatic rings. The highest BCUT2D eigenvalue weighted by Crippen LogP contribution is 2.31. The minimum Gasteiger partial charge on any atom is -0.281 e. The average molecular weight is 432 g/mol. The summed E-state index contributed by atoms with van der Waals surface area (Å²) in [7, 11) is 0. The van der Waals surface area contributed by atoms with Gasteiger partial charge in [0.25, 0.3) is 5.56 Å². The molecule has 23 heavy (non-hydrogen) atoms.